The summed E-state index contributed by atoms with van der Waals surface area (Å²) in [5.74, 6) is 0.455. The SMILES string of the molecule is Cc1cc2[nH]c(C(C)(O)COc3cccc(N=O)c3)cc2cc1C#N. The van der Waals surface area contributed by atoms with Gasteiger partial charge in [0, 0.05) is 17.0 Å². The highest BCUT2D eigenvalue weighted by Gasteiger charge is 2.26. The van der Waals surface area contributed by atoms with Crippen LogP contribution in [0.15, 0.2) is 47.6 Å². The van der Waals surface area contributed by atoms with Gasteiger partial charge in [-0.05, 0) is 54.9 Å². The van der Waals surface area contributed by atoms with E-state index in [4.69, 9.17) is 10.00 Å². The second-order valence-electron chi connectivity index (χ2n) is 6.20. The maximum atomic E-state index is 10.8. The third-order valence-electron chi connectivity index (χ3n) is 4.11. The number of hydrogen-bond acceptors (Lipinski definition) is 5. The van der Waals surface area contributed by atoms with E-state index >= 15 is 0 Å². The number of H-pyrrole nitrogens is 1. The van der Waals surface area contributed by atoms with Crippen LogP contribution in [-0.2, 0) is 5.60 Å². The van der Waals surface area contributed by atoms with Gasteiger partial charge in [-0.1, -0.05) is 6.07 Å². The average molecular weight is 335 g/mol. The first kappa shape index (κ1) is 16.7. The van der Waals surface area contributed by atoms with Crippen molar-refractivity contribution in [3.8, 4) is 11.8 Å². The topological polar surface area (TPSA) is 98.5 Å². The van der Waals surface area contributed by atoms with Gasteiger partial charge in [-0.25, -0.2) is 0 Å². The molecule has 2 aromatic carbocycles. The van der Waals surface area contributed by atoms with Crippen LogP contribution in [0.25, 0.3) is 10.9 Å². The first-order chi connectivity index (χ1) is 11.9. The van der Waals surface area contributed by atoms with E-state index in [1.54, 1.807) is 31.2 Å². The molecule has 0 aliphatic heterocycles. The van der Waals surface area contributed by atoms with Gasteiger partial charge in [0.05, 0.1) is 17.3 Å². The van der Waals surface area contributed by atoms with Gasteiger partial charge in [-0.3, -0.25) is 0 Å². The van der Waals surface area contributed by atoms with E-state index in [0.717, 1.165) is 16.5 Å². The van der Waals surface area contributed by atoms with Gasteiger partial charge in [0.15, 0.2) is 0 Å². The highest BCUT2D eigenvalue weighted by molar-refractivity contribution is 5.83. The molecule has 3 aromatic rings. The molecule has 0 spiro atoms. The Kier molecular flexibility index (Phi) is 4.26. The number of fused-ring (bicyclic) bond motifs is 1. The van der Waals surface area contributed by atoms with Crippen LogP contribution in [0.2, 0.25) is 0 Å². The Morgan fingerprint density at radius 1 is 1.32 bits per heavy atom. The van der Waals surface area contributed by atoms with Crippen molar-refractivity contribution in [2.24, 2.45) is 5.18 Å². The summed E-state index contributed by atoms with van der Waals surface area (Å²) in [7, 11) is 0. The number of nitrogens with one attached hydrogen (secondary N) is 1. The Hall–Kier alpha value is -3.17. The molecule has 1 heterocycles. The molecule has 126 valence electrons. The Labute approximate surface area is 144 Å². The van der Waals surface area contributed by atoms with E-state index in [-0.39, 0.29) is 12.3 Å². The van der Waals surface area contributed by atoms with E-state index in [0.29, 0.717) is 17.0 Å². The molecule has 1 aromatic heterocycles. The summed E-state index contributed by atoms with van der Waals surface area (Å²) >= 11 is 0. The van der Waals surface area contributed by atoms with Crippen molar-refractivity contribution < 1.29 is 9.84 Å². The number of aliphatic hydroxyl groups is 1. The predicted octanol–water partition coefficient (Wildman–Crippen LogP) is 4.03. The number of rotatable bonds is 5. The van der Waals surface area contributed by atoms with Crippen molar-refractivity contribution in [2.45, 2.75) is 19.4 Å². The number of nitroso groups, excluding NO2 is 1. The monoisotopic (exact) mass is 335 g/mol. The van der Waals surface area contributed by atoms with E-state index in [1.165, 1.54) is 6.07 Å². The van der Waals surface area contributed by atoms with Crippen molar-refractivity contribution in [2.75, 3.05) is 6.61 Å². The molecule has 6 heteroatoms. The zero-order valence-corrected chi connectivity index (χ0v) is 13.9. The first-order valence-corrected chi connectivity index (χ1v) is 7.75. The molecule has 6 nitrogen and oxygen atoms in total. The lowest BCUT2D eigenvalue weighted by Crippen LogP contribution is -2.29. The second-order valence-corrected chi connectivity index (χ2v) is 6.20. The van der Waals surface area contributed by atoms with Gasteiger partial charge in [0.25, 0.3) is 0 Å². The summed E-state index contributed by atoms with van der Waals surface area (Å²) in [5, 5.41) is 23.6. The number of aryl methyl sites for hydroxylation is 1. The Balaban J connectivity index is 1.85. The molecule has 25 heavy (non-hydrogen) atoms. The fourth-order valence-electron chi connectivity index (χ4n) is 2.63. The maximum absolute atomic E-state index is 10.8. The van der Waals surface area contributed by atoms with Crippen molar-refractivity contribution in [1.29, 1.82) is 5.26 Å². The van der Waals surface area contributed by atoms with Crippen LogP contribution < -0.4 is 4.74 Å². The van der Waals surface area contributed by atoms with Gasteiger partial charge < -0.3 is 14.8 Å². The predicted molar refractivity (Wildman–Crippen MR) is 94.7 cm³/mol. The number of ether oxygens (including phenoxy) is 1. The molecule has 0 radical (unpaired) electrons. The first-order valence-electron chi connectivity index (χ1n) is 7.75. The number of hydrogen-bond donors (Lipinski definition) is 2. The number of nitrogens with zero attached hydrogens (tertiary/aromatic N) is 2. The lowest BCUT2D eigenvalue weighted by atomic mass is 10.0. The number of nitriles is 1. The summed E-state index contributed by atoms with van der Waals surface area (Å²) < 4.78 is 5.61. The molecule has 1 atom stereocenters. The quantitative estimate of drug-likeness (QED) is 0.688. The minimum atomic E-state index is -1.27. The Morgan fingerprint density at radius 2 is 2.12 bits per heavy atom. The minimum absolute atomic E-state index is 0.00772. The summed E-state index contributed by atoms with van der Waals surface area (Å²) in [6.45, 7) is 3.50. The zero-order chi connectivity index (χ0) is 18.0. The van der Waals surface area contributed by atoms with Gasteiger partial charge in [0.1, 0.15) is 23.6 Å². The Bertz CT molecular complexity index is 983. The van der Waals surface area contributed by atoms with E-state index < -0.39 is 5.60 Å². The average Bonchev–Trinajstić information content (AvgIpc) is 3.03. The zero-order valence-electron chi connectivity index (χ0n) is 13.9. The summed E-state index contributed by atoms with van der Waals surface area (Å²) in [5.41, 5.74) is 1.90. The largest absolute Gasteiger partial charge is 0.490 e. The van der Waals surface area contributed by atoms with Crippen LogP contribution in [0.3, 0.4) is 0 Å². The van der Waals surface area contributed by atoms with Gasteiger partial charge in [0.2, 0.25) is 0 Å². The normalized spacial score (nSPS) is 13.2. The molecule has 1 unspecified atom stereocenters. The van der Waals surface area contributed by atoms with Crippen LogP contribution in [0.4, 0.5) is 5.69 Å². The van der Waals surface area contributed by atoms with Crippen LogP contribution in [-0.4, -0.2) is 16.7 Å². The molecule has 0 saturated carbocycles. The van der Waals surface area contributed by atoms with Crippen molar-refractivity contribution >= 4 is 16.6 Å². The summed E-state index contributed by atoms with van der Waals surface area (Å²) in [4.78, 5) is 13.8. The van der Waals surface area contributed by atoms with E-state index in [9.17, 15) is 10.0 Å². The van der Waals surface area contributed by atoms with Crippen molar-refractivity contribution in [3.05, 3.63) is 64.2 Å². The molecule has 0 amide bonds. The van der Waals surface area contributed by atoms with Crippen molar-refractivity contribution in [3.63, 3.8) is 0 Å². The minimum Gasteiger partial charge on any atom is -0.490 e. The third kappa shape index (κ3) is 3.37. The van der Waals surface area contributed by atoms with Crippen molar-refractivity contribution in [1.82, 2.24) is 4.98 Å². The molecular formula is C19H17N3O3. The number of benzene rings is 2. The molecule has 3 rings (SSSR count). The highest BCUT2D eigenvalue weighted by atomic mass is 16.5. The lowest BCUT2D eigenvalue weighted by molar-refractivity contribution is 0.00452. The number of aromatic nitrogens is 1. The Morgan fingerprint density at radius 3 is 2.84 bits per heavy atom. The number of aromatic amines is 1. The van der Waals surface area contributed by atoms with Crippen LogP contribution in [0.5, 0.6) is 5.75 Å². The molecule has 0 fully saturated rings. The van der Waals surface area contributed by atoms with Gasteiger partial charge in [-0.15, -0.1) is 4.91 Å². The fourth-order valence-corrected chi connectivity index (χ4v) is 2.63. The van der Waals surface area contributed by atoms with Gasteiger partial charge >= 0.3 is 0 Å². The summed E-state index contributed by atoms with van der Waals surface area (Å²) in [6, 6.07) is 14.1. The van der Waals surface area contributed by atoms with E-state index in [1.807, 2.05) is 19.1 Å². The van der Waals surface area contributed by atoms with Gasteiger partial charge in [-0.2, -0.15) is 5.26 Å². The molecule has 0 aliphatic rings. The fraction of sp³-hybridized carbons (Fsp3) is 0.211. The van der Waals surface area contributed by atoms with Crippen LogP contribution in [0, 0.1) is 23.2 Å². The molecule has 0 saturated heterocycles. The van der Waals surface area contributed by atoms with E-state index in [2.05, 4.69) is 16.2 Å². The van der Waals surface area contributed by atoms with Crippen LogP contribution >= 0.6 is 0 Å². The molecule has 2 N–H and O–H groups in total. The van der Waals surface area contributed by atoms with Crippen LogP contribution in [0.1, 0.15) is 23.7 Å². The highest BCUT2D eigenvalue weighted by Crippen LogP contribution is 2.28. The third-order valence-corrected chi connectivity index (χ3v) is 4.11. The summed E-state index contributed by atoms with van der Waals surface area (Å²) in [6.07, 6.45) is 0. The molecule has 0 aliphatic carbocycles. The standard InChI is InChI=1S/C19H17N3O3/c1-12-6-17-13(7-14(12)10-20)8-18(21-17)19(2,23)11-25-16-5-3-4-15(9-16)22-24/h3-9,21,23H,11H2,1-2H3. The smallest absolute Gasteiger partial charge is 0.135 e. The molecular weight excluding hydrogens is 318 g/mol. The maximum Gasteiger partial charge on any atom is 0.135 e. The lowest BCUT2D eigenvalue weighted by Gasteiger charge is -2.22. The second kappa shape index (κ2) is 6.38. The molecule has 0 bridgehead atoms.